The highest BCUT2D eigenvalue weighted by Crippen LogP contribution is 2.23. The lowest BCUT2D eigenvalue weighted by atomic mass is 10.2. The van der Waals surface area contributed by atoms with Crippen LogP contribution >= 0.6 is 27.3 Å². The van der Waals surface area contributed by atoms with E-state index in [4.69, 9.17) is 0 Å². The number of halogens is 1. The van der Waals surface area contributed by atoms with E-state index in [0.717, 1.165) is 14.2 Å². The van der Waals surface area contributed by atoms with Gasteiger partial charge in [0.2, 0.25) is 10.0 Å². The first-order valence-electron chi connectivity index (χ1n) is 5.91. The lowest BCUT2D eigenvalue weighted by Gasteiger charge is -2.13. The summed E-state index contributed by atoms with van der Waals surface area (Å²) in [5.41, 5.74) is 0.864. The zero-order valence-electron chi connectivity index (χ0n) is 10.9. The Balaban J connectivity index is 2.08. The van der Waals surface area contributed by atoms with Gasteiger partial charge in [0, 0.05) is 23.9 Å². The molecule has 0 radical (unpaired) electrons. The van der Waals surface area contributed by atoms with Crippen molar-refractivity contribution in [2.45, 2.75) is 6.54 Å². The first-order chi connectivity index (χ1) is 9.47. The number of nitrogens with zero attached hydrogens (tertiary/aromatic N) is 1. The highest BCUT2D eigenvalue weighted by atomic mass is 79.9. The molecule has 0 bridgehead atoms. The van der Waals surface area contributed by atoms with E-state index >= 15 is 0 Å². The molecule has 0 amide bonds. The van der Waals surface area contributed by atoms with Crippen LogP contribution in [0.5, 0.6) is 0 Å². The second-order valence-electron chi connectivity index (χ2n) is 4.22. The smallest absolute Gasteiger partial charge is 0.208 e. The molecule has 0 aliphatic rings. The average molecular weight is 372 g/mol. The number of benzene rings is 1. The first kappa shape index (κ1) is 15.4. The molecule has 0 saturated carbocycles. The van der Waals surface area contributed by atoms with Crippen molar-refractivity contribution >= 4 is 43.4 Å². The second kappa shape index (κ2) is 6.67. The van der Waals surface area contributed by atoms with Crippen molar-refractivity contribution in [2.24, 2.45) is 0 Å². The summed E-state index contributed by atoms with van der Waals surface area (Å²) in [5, 5.41) is 1.24. The SMILES string of the molecule is CN(Cc1ccc(Br)s1)S(=O)(=O)/C=C\c1ccccc1. The molecule has 106 valence electrons. The van der Waals surface area contributed by atoms with Crippen LogP contribution in [0.15, 0.2) is 51.7 Å². The van der Waals surface area contributed by atoms with Gasteiger partial charge in [0.15, 0.2) is 0 Å². The lowest BCUT2D eigenvalue weighted by molar-refractivity contribution is 0.478. The number of hydrogen-bond donors (Lipinski definition) is 0. The van der Waals surface area contributed by atoms with E-state index in [9.17, 15) is 8.42 Å². The van der Waals surface area contributed by atoms with Gasteiger partial charge < -0.3 is 0 Å². The summed E-state index contributed by atoms with van der Waals surface area (Å²) < 4.78 is 26.6. The van der Waals surface area contributed by atoms with Gasteiger partial charge in [0.1, 0.15) is 0 Å². The summed E-state index contributed by atoms with van der Waals surface area (Å²) in [5.74, 6) is 0. The van der Waals surface area contributed by atoms with Crippen LogP contribution in [-0.2, 0) is 16.6 Å². The summed E-state index contributed by atoms with van der Waals surface area (Å²) in [6.07, 6.45) is 1.61. The van der Waals surface area contributed by atoms with Gasteiger partial charge in [-0.15, -0.1) is 11.3 Å². The van der Waals surface area contributed by atoms with Crippen molar-refractivity contribution in [3.05, 3.63) is 62.1 Å². The summed E-state index contributed by atoms with van der Waals surface area (Å²) in [6.45, 7) is 0.373. The van der Waals surface area contributed by atoms with Crippen molar-refractivity contribution in [3.8, 4) is 0 Å². The fourth-order valence-electron chi connectivity index (χ4n) is 1.58. The number of rotatable bonds is 5. The predicted octanol–water partition coefficient (Wildman–Crippen LogP) is 3.94. The van der Waals surface area contributed by atoms with Crippen LogP contribution in [0.2, 0.25) is 0 Å². The Bertz CT molecular complexity index is 693. The van der Waals surface area contributed by atoms with Crippen LogP contribution in [0.25, 0.3) is 6.08 Å². The van der Waals surface area contributed by atoms with Gasteiger partial charge in [-0.25, -0.2) is 8.42 Å². The molecule has 3 nitrogen and oxygen atoms in total. The molecule has 20 heavy (non-hydrogen) atoms. The van der Waals surface area contributed by atoms with Crippen molar-refractivity contribution in [3.63, 3.8) is 0 Å². The van der Waals surface area contributed by atoms with Crippen molar-refractivity contribution in [2.75, 3.05) is 7.05 Å². The van der Waals surface area contributed by atoms with E-state index in [1.807, 2.05) is 42.5 Å². The third-order valence-electron chi connectivity index (χ3n) is 2.67. The van der Waals surface area contributed by atoms with Crippen molar-refractivity contribution in [1.29, 1.82) is 0 Å². The minimum absolute atomic E-state index is 0.373. The zero-order valence-corrected chi connectivity index (χ0v) is 14.1. The van der Waals surface area contributed by atoms with E-state index in [-0.39, 0.29) is 0 Å². The molecule has 0 atom stereocenters. The molecule has 1 aromatic heterocycles. The molecule has 0 N–H and O–H groups in total. The number of hydrogen-bond acceptors (Lipinski definition) is 3. The maximum atomic E-state index is 12.1. The van der Waals surface area contributed by atoms with Gasteiger partial charge in [-0.1, -0.05) is 30.3 Å². The highest BCUT2D eigenvalue weighted by Gasteiger charge is 2.15. The Morgan fingerprint density at radius 1 is 1.20 bits per heavy atom. The van der Waals surface area contributed by atoms with Crippen molar-refractivity contribution < 1.29 is 8.42 Å². The van der Waals surface area contributed by atoms with Crippen LogP contribution in [-0.4, -0.2) is 19.8 Å². The van der Waals surface area contributed by atoms with Crippen LogP contribution in [0, 0.1) is 0 Å². The molecule has 0 saturated heterocycles. The summed E-state index contributed by atoms with van der Waals surface area (Å²) >= 11 is 4.90. The molecule has 0 spiro atoms. The monoisotopic (exact) mass is 371 g/mol. The molecule has 0 fully saturated rings. The van der Waals surface area contributed by atoms with Gasteiger partial charge in [0.25, 0.3) is 0 Å². The maximum Gasteiger partial charge on any atom is 0.236 e. The molecular formula is C14H14BrNO2S2. The molecule has 0 aliphatic carbocycles. The van der Waals surface area contributed by atoms with E-state index < -0.39 is 10.0 Å². The van der Waals surface area contributed by atoms with Crippen LogP contribution in [0.1, 0.15) is 10.4 Å². The topological polar surface area (TPSA) is 37.4 Å². The maximum absolute atomic E-state index is 12.1. The second-order valence-corrected chi connectivity index (χ2v) is 8.69. The Hall–Kier alpha value is -0.950. The Morgan fingerprint density at radius 2 is 1.90 bits per heavy atom. The van der Waals surface area contributed by atoms with Crippen LogP contribution < -0.4 is 0 Å². The van der Waals surface area contributed by atoms with Crippen molar-refractivity contribution in [1.82, 2.24) is 4.31 Å². The third-order valence-corrected chi connectivity index (χ3v) is 5.76. The van der Waals surface area contributed by atoms with E-state index in [0.29, 0.717) is 6.54 Å². The van der Waals surface area contributed by atoms with Gasteiger partial charge >= 0.3 is 0 Å². The number of thiophene rings is 1. The summed E-state index contributed by atoms with van der Waals surface area (Å²) in [7, 11) is -1.82. The zero-order chi connectivity index (χ0) is 14.6. The molecule has 1 aromatic carbocycles. The largest absolute Gasteiger partial charge is 0.236 e. The van der Waals surface area contributed by atoms with Gasteiger partial charge in [0.05, 0.1) is 3.79 Å². The van der Waals surface area contributed by atoms with Gasteiger partial charge in [-0.2, -0.15) is 4.31 Å². The van der Waals surface area contributed by atoms with E-state index in [2.05, 4.69) is 15.9 Å². The summed E-state index contributed by atoms with van der Waals surface area (Å²) in [6, 6.07) is 13.2. The van der Waals surface area contributed by atoms with Crippen LogP contribution in [0.4, 0.5) is 0 Å². The molecule has 2 aromatic rings. The predicted molar refractivity (Wildman–Crippen MR) is 87.9 cm³/mol. The minimum atomic E-state index is -3.40. The molecular weight excluding hydrogens is 358 g/mol. The molecule has 1 heterocycles. The summed E-state index contributed by atoms with van der Waals surface area (Å²) in [4.78, 5) is 0.996. The standard InChI is InChI=1S/C14H14BrNO2S2/c1-16(11-13-7-8-14(15)19-13)20(17,18)10-9-12-5-3-2-4-6-12/h2-10H,11H2,1H3/b10-9-. The highest BCUT2D eigenvalue weighted by molar-refractivity contribution is 9.11. The molecule has 2 rings (SSSR count). The Kier molecular flexibility index (Phi) is 5.15. The quantitative estimate of drug-likeness (QED) is 0.797. The minimum Gasteiger partial charge on any atom is -0.208 e. The average Bonchev–Trinajstić information content (AvgIpc) is 2.83. The van der Waals surface area contributed by atoms with Gasteiger partial charge in [-0.3, -0.25) is 0 Å². The molecule has 0 aliphatic heterocycles. The normalized spacial score (nSPS) is 12.3. The third kappa shape index (κ3) is 4.28. The fraction of sp³-hybridized carbons (Fsp3) is 0.143. The van der Waals surface area contributed by atoms with E-state index in [1.54, 1.807) is 13.1 Å². The Labute approximate surface area is 131 Å². The number of sulfonamides is 1. The first-order valence-corrected chi connectivity index (χ1v) is 9.02. The fourth-order valence-corrected chi connectivity index (χ4v) is 4.05. The van der Waals surface area contributed by atoms with E-state index in [1.165, 1.54) is 21.1 Å². The van der Waals surface area contributed by atoms with Crippen LogP contribution in [0.3, 0.4) is 0 Å². The lowest BCUT2D eigenvalue weighted by Crippen LogP contribution is -2.23. The Morgan fingerprint density at radius 3 is 2.50 bits per heavy atom. The molecule has 6 heteroatoms. The van der Waals surface area contributed by atoms with Gasteiger partial charge in [-0.05, 0) is 39.7 Å². The molecule has 0 unspecified atom stereocenters.